The Balaban J connectivity index is 1.94. The van der Waals surface area contributed by atoms with E-state index >= 15 is 0 Å². The van der Waals surface area contributed by atoms with Gasteiger partial charge in [0.2, 0.25) is 0 Å². The standard InChI is InChI=1S/C18H26N4O/c1-21-12-7-3-6-11-16(21)18-19-17(15-9-4-2-5-10-15)20-22(18)13-8-14-23/h2,4-5,9-10,16,23H,3,6-8,11-14H2,1H3/t16-/m1/s1. The van der Waals surface area contributed by atoms with Crippen molar-refractivity contribution in [2.75, 3.05) is 20.2 Å². The molecule has 5 nitrogen and oxygen atoms in total. The maximum absolute atomic E-state index is 9.18. The summed E-state index contributed by atoms with van der Waals surface area (Å²) in [5, 5.41) is 13.9. The van der Waals surface area contributed by atoms with Gasteiger partial charge in [-0.2, -0.15) is 5.10 Å². The molecule has 0 saturated carbocycles. The number of aliphatic hydroxyl groups is 1. The van der Waals surface area contributed by atoms with Crippen LogP contribution < -0.4 is 0 Å². The maximum Gasteiger partial charge on any atom is 0.181 e. The Morgan fingerprint density at radius 2 is 2.00 bits per heavy atom. The molecular weight excluding hydrogens is 288 g/mol. The number of aryl methyl sites for hydroxylation is 1. The average molecular weight is 314 g/mol. The fourth-order valence-electron chi connectivity index (χ4n) is 3.27. The van der Waals surface area contributed by atoms with Crippen LogP contribution in [0.2, 0.25) is 0 Å². The van der Waals surface area contributed by atoms with Gasteiger partial charge in [-0.25, -0.2) is 9.67 Å². The monoisotopic (exact) mass is 314 g/mol. The topological polar surface area (TPSA) is 54.2 Å². The Kier molecular flexibility index (Phi) is 5.41. The Morgan fingerprint density at radius 3 is 2.78 bits per heavy atom. The molecule has 1 aromatic heterocycles. The second-order valence-corrected chi connectivity index (χ2v) is 6.31. The molecule has 0 aliphatic carbocycles. The highest BCUT2D eigenvalue weighted by Crippen LogP contribution is 2.29. The molecule has 0 radical (unpaired) electrons. The van der Waals surface area contributed by atoms with E-state index in [0.29, 0.717) is 12.5 Å². The van der Waals surface area contributed by atoms with E-state index < -0.39 is 0 Å². The first-order valence-electron chi connectivity index (χ1n) is 8.61. The van der Waals surface area contributed by atoms with Gasteiger partial charge in [-0.15, -0.1) is 0 Å². The number of hydrogen-bond donors (Lipinski definition) is 1. The molecule has 1 saturated heterocycles. The highest BCUT2D eigenvalue weighted by molar-refractivity contribution is 5.54. The largest absolute Gasteiger partial charge is 0.396 e. The van der Waals surface area contributed by atoms with Gasteiger partial charge in [-0.3, -0.25) is 4.90 Å². The van der Waals surface area contributed by atoms with Crippen molar-refractivity contribution in [3.8, 4) is 11.4 Å². The van der Waals surface area contributed by atoms with Crippen molar-refractivity contribution < 1.29 is 5.11 Å². The number of benzene rings is 1. The summed E-state index contributed by atoms with van der Waals surface area (Å²) in [5.74, 6) is 1.83. The van der Waals surface area contributed by atoms with Gasteiger partial charge in [0, 0.05) is 18.7 Å². The summed E-state index contributed by atoms with van der Waals surface area (Å²) in [7, 11) is 2.18. The van der Waals surface area contributed by atoms with Gasteiger partial charge in [0.1, 0.15) is 5.82 Å². The quantitative estimate of drug-likeness (QED) is 0.922. The number of aliphatic hydroxyl groups excluding tert-OH is 1. The highest BCUT2D eigenvalue weighted by Gasteiger charge is 2.25. The molecule has 124 valence electrons. The van der Waals surface area contributed by atoms with Crippen LogP contribution in [0.4, 0.5) is 0 Å². The Morgan fingerprint density at radius 1 is 1.17 bits per heavy atom. The van der Waals surface area contributed by atoms with Crippen molar-refractivity contribution in [2.24, 2.45) is 0 Å². The Hall–Kier alpha value is -1.72. The summed E-state index contributed by atoms with van der Waals surface area (Å²) in [6, 6.07) is 10.5. The van der Waals surface area contributed by atoms with Crippen molar-refractivity contribution in [3.63, 3.8) is 0 Å². The van der Waals surface area contributed by atoms with E-state index in [0.717, 1.165) is 36.7 Å². The van der Waals surface area contributed by atoms with Gasteiger partial charge in [0.25, 0.3) is 0 Å². The zero-order chi connectivity index (χ0) is 16.1. The summed E-state index contributed by atoms with van der Waals surface area (Å²) in [6.07, 6.45) is 5.62. The molecule has 23 heavy (non-hydrogen) atoms. The fourth-order valence-corrected chi connectivity index (χ4v) is 3.27. The highest BCUT2D eigenvalue weighted by atomic mass is 16.3. The van der Waals surface area contributed by atoms with Crippen LogP contribution in [0.25, 0.3) is 11.4 Å². The molecule has 1 aliphatic rings. The normalized spacial score (nSPS) is 19.7. The van der Waals surface area contributed by atoms with Gasteiger partial charge in [-0.1, -0.05) is 43.2 Å². The summed E-state index contributed by atoms with van der Waals surface area (Å²) >= 11 is 0. The first-order chi connectivity index (χ1) is 11.3. The molecule has 0 spiro atoms. The zero-order valence-electron chi connectivity index (χ0n) is 13.9. The number of aromatic nitrogens is 3. The van der Waals surface area contributed by atoms with E-state index in [1.165, 1.54) is 19.3 Å². The molecule has 2 heterocycles. The third-order valence-corrected chi connectivity index (χ3v) is 4.58. The van der Waals surface area contributed by atoms with E-state index in [2.05, 4.69) is 11.9 Å². The minimum atomic E-state index is 0.181. The Labute approximate surface area is 138 Å². The van der Waals surface area contributed by atoms with Crippen molar-refractivity contribution in [1.29, 1.82) is 0 Å². The summed E-state index contributed by atoms with van der Waals surface area (Å²) in [4.78, 5) is 7.28. The first-order valence-corrected chi connectivity index (χ1v) is 8.61. The second kappa shape index (κ2) is 7.70. The fraction of sp³-hybridized carbons (Fsp3) is 0.556. The van der Waals surface area contributed by atoms with Crippen LogP contribution in [0, 0.1) is 0 Å². The lowest BCUT2D eigenvalue weighted by atomic mass is 10.1. The Bertz CT molecular complexity index is 611. The first kappa shape index (κ1) is 16.1. The summed E-state index contributed by atoms with van der Waals surface area (Å²) < 4.78 is 2.00. The van der Waals surface area contributed by atoms with E-state index in [9.17, 15) is 5.11 Å². The number of likely N-dealkylation sites (tertiary alicyclic amines) is 1. The van der Waals surface area contributed by atoms with E-state index in [4.69, 9.17) is 10.1 Å². The number of rotatable bonds is 5. The number of hydrogen-bond acceptors (Lipinski definition) is 4. The predicted octanol–water partition coefficient (Wildman–Crippen LogP) is 2.87. The lowest BCUT2D eigenvalue weighted by Crippen LogP contribution is -2.27. The SMILES string of the molecule is CN1CCCCC[C@@H]1c1nc(-c2ccccc2)nn1CCCO. The molecule has 1 fully saturated rings. The summed E-state index contributed by atoms with van der Waals surface area (Å²) in [6.45, 7) is 2.01. The van der Waals surface area contributed by atoms with E-state index in [-0.39, 0.29) is 6.61 Å². The van der Waals surface area contributed by atoms with Gasteiger partial charge < -0.3 is 5.11 Å². The van der Waals surface area contributed by atoms with Crippen LogP contribution in [0.15, 0.2) is 30.3 Å². The molecule has 3 rings (SSSR count). The van der Waals surface area contributed by atoms with Crippen molar-refractivity contribution in [2.45, 2.75) is 44.7 Å². The van der Waals surface area contributed by atoms with Gasteiger partial charge in [-0.05, 0) is 32.9 Å². The van der Waals surface area contributed by atoms with Crippen molar-refractivity contribution >= 4 is 0 Å². The molecule has 1 aliphatic heterocycles. The predicted molar refractivity (Wildman–Crippen MR) is 91.0 cm³/mol. The molecule has 0 bridgehead atoms. The molecule has 2 aromatic rings. The molecule has 1 aromatic carbocycles. The third-order valence-electron chi connectivity index (χ3n) is 4.58. The minimum absolute atomic E-state index is 0.181. The minimum Gasteiger partial charge on any atom is -0.396 e. The smallest absolute Gasteiger partial charge is 0.181 e. The second-order valence-electron chi connectivity index (χ2n) is 6.31. The lowest BCUT2D eigenvalue weighted by molar-refractivity contribution is 0.228. The molecular formula is C18H26N4O. The van der Waals surface area contributed by atoms with Crippen LogP contribution in [-0.2, 0) is 6.54 Å². The average Bonchev–Trinajstić information content (AvgIpc) is 2.89. The van der Waals surface area contributed by atoms with Crippen LogP contribution in [0.3, 0.4) is 0 Å². The van der Waals surface area contributed by atoms with E-state index in [1.54, 1.807) is 0 Å². The van der Waals surface area contributed by atoms with Crippen LogP contribution in [-0.4, -0.2) is 45.0 Å². The van der Waals surface area contributed by atoms with Gasteiger partial charge >= 0.3 is 0 Å². The van der Waals surface area contributed by atoms with Crippen molar-refractivity contribution in [3.05, 3.63) is 36.2 Å². The number of nitrogens with zero attached hydrogens (tertiary/aromatic N) is 4. The van der Waals surface area contributed by atoms with Crippen LogP contribution in [0.1, 0.15) is 44.0 Å². The summed E-state index contributed by atoms with van der Waals surface area (Å²) in [5.41, 5.74) is 1.05. The van der Waals surface area contributed by atoms with Crippen LogP contribution >= 0.6 is 0 Å². The molecule has 1 atom stereocenters. The molecule has 0 unspecified atom stereocenters. The van der Waals surface area contributed by atoms with Gasteiger partial charge in [0.05, 0.1) is 6.04 Å². The molecule has 1 N–H and O–H groups in total. The molecule has 0 amide bonds. The molecule has 5 heteroatoms. The maximum atomic E-state index is 9.18. The van der Waals surface area contributed by atoms with Gasteiger partial charge in [0.15, 0.2) is 5.82 Å². The zero-order valence-corrected chi connectivity index (χ0v) is 13.9. The van der Waals surface area contributed by atoms with Crippen LogP contribution in [0.5, 0.6) is 0 Å². The lowest BCUT2D eigenvalue weighted by Gasteiger charge is -2.25. The third kappa shape index (κ3) is 3.79. The van der Waals surface area contributed by atoms with Crippen molar-refractivity contribution in [1.82, 2.24) is 19.7 Å². The van der Waals surface area contributed by atoms with E-state index in [1.807, 2.05) is 35.0 Å².